The van der Waals surface area contributed by atoms with E-state index in [0.29, 0.717) is 0 Å². The van der Waals surface area contributed by atoms with E-state index in [-0.39, 0.29) is 28.1 Å². The lowest BCUT2D eigenvalue weighted by Gasteiger charge is -2.13. The van der Waals surface area contributed by atoms with Gasteiger partial charge >= 0.3 is 6.18 Å². The molecule has 0 fully saturated rings. The van der Waals surface area contributed by atoms with Crippen LogP contribution in [0.1, 0.15) is 11.1 Å². The molecule has 2 nitrogen and oxygen atoms in total. The van der Waals surface area contributed by atoms with Gasteiger partial charge in [-0.25, -0.2) is 4.39 Å². The van der Waals surface area contributed by atoms with E-state index in [1.807, 2.05) is 0 Å². The van der Waals surface area contributed by atoms with Crippen LogP contribution in [0.3, 0.4) is 0 Å². The number of hydrogen-bond acceptors (Lipinski definition) is 2. The van der Waals surface area contributed by atoms with E-state index in [4.69, 9.17) is 10.5 Å². The van der Waals surface area contributed by atoms with E-state index in [1.54, 1.807) is 0 Å². The Morgan fingerprint density at radius 1 is 1.10 bits per heavy atom. The molecule has 0 amide bonds. The van der Waals surface area contributed by atoms with Crippen molar-refractivity contribution in [2.24, 2.45) is 5.73 Å². The summed E-state index contributed by atoms with van der Waals surface area (Å²) >= 11 is 3.00. The fourth-order valence-corrected chi connectivity index (χ4v) is 2.04. The van der Waals surface area contributed by atoms with Crippen molar-refractivity contribution >= 4 is 15.9 Å². The monoisotopic (exact) mass is 363 g/mol. The van der Waals surface area contributed by atoms with Gasteiger partial charge in [0.15, 0.2) is 0 Å². The lowest BCUT2D eigenvalue weighted by atomic mass is 10.1. The van der Waals surface area contributed by atoms with Gasteiger partial charge in [0.1, 0.15) is 17.3 Å². The third-order valence-corrected chi connectivity index (χ3v) is 3.33. The average molecular weight is 364 g/mol. The SMILES string of the molecule is NCc1cc(C(F)(F)F)ccc1Oc1ccc(F)c(Br)c1. The molecule has 0 aromatic heterocycles. The Morgan fingerprint density at radius 2 is 1.81 bits per heavy atom. The van der Waals surface area contributed by atoms with Crippen molar-refractivity contribution in [3.8, 4) is 11.5 Å². The van der Waals surface area contributed by atoms with Gasteiger partial charge in [-0.3, -0.25) is 0 Å². The van der Waals surface area contributed by atoms with Gasteiger partial charge in [-0.15, -0.1) is 0 Å². The predicted octanol–water partition coefficient (Wildman–Crippen LogP) is 4.86. The minimum absolute atomic E-state index is 0.110. The minimum Gasteiger partial charge on any atom is -0.457 e. The number of ether oxygens (including phenoxy) is 1. The number of halogens is 5. The summed E-state index contributed by atoms with van der Waals surface area (Å²) in [4.78, 5) is 0. The van der Waals surface area contributed by atoms with Crippen LogP contribution in [0, 0.1) is 5.82 Å². The fourth-order valence-electron chi connectivity index (χ4n) is 1.68. The third kappa shape index (κ3) is 3.74. The molecule has 0 heterocycles. The van der Waals surface area contributed by atoms with Crippen LogP contribution < -0.4 is 10.5 Å². The van der Waals surface area contributed by atoms with Crippen LogP contribution in [0.15, 0.2) is 40.9 Å². The van der Waals surface area contributed by atoms with Crippen LogP contribution in [0.5, 0.6) is 11.5 Å². The van der Waals surface area contributed by atoms with Gasteiger partial charge in [0.05, 0.1) is 10.0 Å². The first-order chi connectivity index (χ1) is 9.81. The predicted molar refractivity (Wildman–Crippen MR) is 73.5 cm³/mol. The lowest BCUT2D eigenvalue weighted by Crippen LogP contribution is -2.08. The first kappa shape index (κ1) is 15.8. The zero-order valence-electron chi connectivity index (χ0n) is 10.5. The second kappa shape index (κ2) is 6.03. The van der Waals surface area contributed by atoms with Crippen LogP contribution in [0.25, 0.3) is 0 Å². The van der Waals surface area contributed by atoms with Crippen molar-refractivity contribution < 1.29 is 22.3 Å². The second-order valence-electron chi connectivity index (χ2n) is 4.20. The number of rotatable bonds is 3. The molecule has 2 aromatic carbocycles. The van der Waals surface area contributed by atoms with Gasteiger partial charge in [-0.2, -0.15) is 13.2 Å². The standard InChI is InChI=1S/C14H10BrF4NO/c15-11-6-10(2-3-12(11)16)21-13-4-1-9(14(17,18)19)5-8(13)7-20/h1-6H,7,20H2. The molecule has 0 spiro atoms. The van der Waals surface area contributed by atoms with Crippen LogP contribution in [0.2, 0.25) is 0 Å². The molecule has 2 rings (SSSR count). The molecule has 21 heavy (non-hydrogen) atoms. The van der Waals surface area contributed by atoms with Crippen LogP contribution in [0.4, 0.5) is 17.6 Å². The fraction of sp³-hybridized carbons (Fsp3) is 0.143. The highest BCUT2D eigenvalue weighted by Gasteiger charge is 2.31. The summed E-state index contributed by atoms with van der Waals surface area (Å²) in [6.45, 7) is -0.110. The highest BCUT2D eigenvalue weighted by Crippen LogP contribution is 2.34. The smallest absolute Gasteiger partial charge is 0.416 e. The normalized spacial score (nSPS) is 11.5. The van der Waals surface area contributed by atoms with Crippen molar-refractivity contribution in [2.45, 2.75) is 12.7 Å². The van der Waals surface area contributed by atoms with Crippen LogP contribution in [-0.4, -0.2) is 0 Å². The maximum absolute atomic E-state index is 13.1. The molecule has 0 saturated heterocycles. The number of benzene rings is 2. The summed E-state index contributed by atoms with van der Waals surface area (Å²) in [7, 11) is 0. The zero-order chi connectivity index (χ0) is 15.6. The summed E-state index contributed by atoms with van der Waals surface area (Å²) in [6, 6.07) is 6.99. The van der Waals surface area contributed by atoms with Crippen molar-refractivity contribution in [3.63, 3.8) is 0 Å². The maximum Gasteiger partial charge on any atom is 0.416 e. The summed E-state index contributed by atoms with van der Waals surface area (Å²) in [5.74, 6) is 0.0237. The molecular weight excluding hydrogens is 354 g/mol. The van der Waals surface area contributed by atoms with Crippen LogP contribution in [-0.2, 0) is 12.7 Å². The number of hydrogen-bond donors (Lipinski definition) is 1. The summed E-state index contributed by atoms with van der Waals surface area (Å²) in [5, 5.41) is 0. The Labute approximate surface area is 126 Å². The molecule has 0 saturated carbocycles. The largest absolute Gasteiger partial charge is 0.457 e. The quantitative estimate of drug-likeness (QED) is 0.790. The highest BCUT2D eigenvalue weighted by atomic mass is 79.9. The molecule has 0 unspecified atom stereocenters. The Bertz CT molecular complexity index is 658. The Morgan fingerprint density at radius 3 is 2.38 bits per heavy atom. The molecule has 2 aromatic rings. The van der Waals surface area contributed by atoms with E-state index in [9.17, 15) is 17.6 Å². The average Bonchev–Trinajstić information content (AvgIpc) is 2.42. The Balaban J connectivity index is 2.33. The Hall–Kier alpha value is -1.60. The van der Waals surface area contributed by atoms with Gasteiger partial charge in [0.2, 0.25) is 0 Å². The maximum atomic E-state index is 13.1. The molecule has 7 heteroatoms. The van der Waals surface area contributed by atoms with E-state index >= 15 is 0 Å². The highest BCUT2D eigenvalue weighted by molar-refractivity contribution is 9.10. The molecule has 0 bridgehead atoms. The Kier molecular flexibility index (Phi) is 4.53. The van der Waals surface area contributed by atoms with Crippen molar-refractivity contribution in [1.29, 1.82) is 0 Å². The van der Waals surface area contributed by atoms with Gasteiger partial charge in [-0.05, 0) is 52.3 Å². The van der Waals surface area contributed by atoms with E-state index in [2.05, 4.69) is 15.9 Å². The van der Waals surface area contributed by atoms with Crippen molar-refractivity contribution in [2.75, 3.05) is 0 Å². The van der Waals surface area contributed by atoms with E-state index in [0.717, 1.165) is 12.1 Å². The number of nitrogens with two attached hydrogens (primary N) is 1. The molecule has 0 radical (unpaired) electrons. The molecule has 0 aliphatic heterocycles. The molecular formula is C14H10BrF4NO. The third-order valence-electron chi connectivity index (χ3n) is 2.73. The summed E-state index contributed by atoms with van der Waals surface area (Å²) in [5.41, 5.74) is 4.87. The molecule has 112 valence electrons. The summed E-state index contributed by atoms with van der Waals surface area (Å²) in [6.07, 6.45) is -4.44. The summed E-state index contributed by atoms with van der Waals surface area (Å²) < 4.78 is 56.7. The van der Waals surface area contributed by atoms with Crippen LogP contribution >= 0.6 is 15.9 Å². The van der Waals surface area contributed by atoms with E-state index < -0.39 is 17.6 Å². The lowest BCUT2D eigenvalue weighted by molar-refractivity contribution is -0.137. The van der Waals surface area contributed by atoms with Gasteiger partial charge in [-0.1, -0.05) is 0 Å². The molecule has 0 aliphatic rings. The van der Waals surface area contributed by atoms with Gasteiger partial charge in [0.25, 0.3) is 0 Å². The van der Waals surface area contributed by atoms with E-state index in [1.165, 1.54) is 24.3 Å². The molecule has 2 N–H and O–H groups in total. The van der Waals surface area contributed by atoms with Crippen molar-refractivity contribution in [3.05, 3.63) is 57.8 Å². The first-order valence-electron chi connectivity index (χ1n) is 5.84. The number of alkyl halides is 3. The first-order valence-corrected chi connectivity index (χ1v) is 6.63. The molecule has 0 aliphatic carbocycles. The molecule has 0 atom stereocenters. The van der Waals surface area contributed by atoms with Gasteiger partial charge < -0.3 is 10.5 Å². The second-order valence-corrected chi connectivity index (χ2v) is 5.06. The minimum atomic E-state index is -4.44. The van der Waals surface area contributed by atoms with Crippen molar-refractivity contribution in [1.82, 2.24) is 0 Å². The van der Waals surface area contributed by atoms with Gasteiger partial charge in [0, 0.05) is 12.1 Å². The topological polar surface area (TPSA) is 35.2 Å². The zero-order valence-corrected chi connectivity index (χ0v) is 12.1.